The van der Waals surface area contributed by atoms with Gasteiger partial charge in [0.1, 0.15) is 11.6 Å². The fourth-order valence-corrected chi connectivity index (χ4v) is 3.47. The van der Waals surface area contributed by atoms with Crippen molar-refractivity contribution in [3.05, 3.63) is 65.7 Å². The Labute approximate surface area is 166 Å². The molecule has 0 aliphatic rings. The van der Waals surface area contributed by atoms with Crippen molar-refractivity contribution in [1.82, 2.24) is 20.1 Å². The molecule has 28 heavy (non-hydrogen) atoms. The molecule has 3 rings (SSSR count). The van der Waals surface area contributed by atoms with E-state index in [-0.39, 0.29) is 23.6 Å². The molecule has 0 saturated carbocycles. The number of benzene rings is 2. The minimum Gasteiger partial charge on any atom is -0.349 e. The van der Waals surface area contributed by atoms with Crippen molar-refractivity contribution in [1.29, 1.82) is 0 Å². The largest absolute Gasteiger partial charge is 0.349 e. The van der Waals surface area contributed by atoms with E-state index in [9.17, 15) is 13.6 Å². The third-order valence-corrected chi connectivity index (χ3v) is 5.45. The van der Waals surface area contributed by atoms with Crippen molar-refractivity contribution in [3.63, 3.8) is 0 Å². The van der Waals surface area contributed by atoms with Crippen LogP contribution in [0.15, 0.2) is 53.7 Å². The van der Waals surface area contributed by atoms with Gasteiger partial charge in [0.05, 0.1) is 11.3 Å². The van der Waals surface area contributed by atoms with Crippen molar-refractivity contribution >= 4 is 17.7 Å². The number of carbonyl (C=O) groups is 1. The molecular formula is C20H20F2N4OS. The Balaban J connectivity index is 1.65. The lowest BCUT2D eigenvalue weighted by molar-refractivity contribution is -0.120. The average Bonchev–Trinajstić information content (AvgIpc) is 3.03. The molecular weight excluding hydrogens is 382 g/mol. The van der Waals surface area contributed by atoms with E-state index in [1.54, 1.807) is 42.8 Å². The number of carbonyl (C=O) groups excluding carboxylic acids is 1. The summed E-state index contributed by atoms with van der Waals surface area (Å²) in [5.41, 5.74) is 1.56. The third kappa shape index (κ3) is 4.56. The standard InChI is InChI=1S/C20H20F2N4OS/c1-12(14-4-8-16(21)9-5-14)23-19(27)13(2)28-20-25-24-18(26(20)3)15-6-10-17(22)11-7-15/h4-13H,1-3H3,(H,23,27)/t12-,13-/m1/s1. The second kappa shape index (κ2) is 8.52. The SMILES string of the molecule is C[C@@H](Sc1nnc(-c2ccc(F)cc2)n1C)C(=O)N[C@H](C)c1ccc(F)cc1. The first-order valence-corrected chi connectivity index (χ1v) is 9.61. The molecule has 2 aromatic carbocycles. The Kier molecular flexibility index (Phi) is 6.08. The molecule has 0 bridgehead atoms. The lowest BCUT2D eigenvalue weighted by Crippen LogP contribution is -2.33. The van der Waals surface area contributed by atoms with E-state index in [0.717, 1.165) is 11.1 Å². The van der Waals surface area contributed by atoms with Crippen LogP contribution in [0.2, 0.25) is 0 Å². The molecule has 1 heterocycles. The predicted octanol–water partition coefficient (Wildman–Crippen LogP) is 4.12. The van der Waals surface area contributed by atoms with E-state index in [4.69, 9.17) is 0 Å². The molecule has 0 aliphatic carbocycles. The van der Waals surface area contributed by atoms with Gasteiger partial charge in [-0.2, -0.15) is 0 Å². The first-order valence-electron chi connectivity index (χ1n) is 8.73. The number of amides is 1. The lowest BCUT2D eigenvalue weighted by atomic mass is 10.1. The van der Waals surface area contributed by atoms with E-state index in [0.29, 0.717) is 11.0 Å². The number of aromatic nitrogens is 3. The number of nitrogens with zero attached hydrogens (tertiary/aromatic N) is 3. The Bertz CT molecular complexity index is 957. The van der Waals surface area contributed by atoms with Gasteiger partial charge < -0.3 is 9.88 Å². The maximum Gasteiger partial charge on any atom is 0.233 e. The molecule has 5 nitrogen and oxygen atoms in total. The van der Waals surface area contributed by atoms with Crippen LogP contribution in [0, 0.1) is 11.6 Å². The third-order valence-electron chi connectivity index (χ3n) is 4.32. The van der Waals surface area contributed by atoms with Gasteiger partial charge in [0.2, 0.25) is 5.91 Å². The van der Waals surface area contributed by atoms with Gasteiger partial charge in [0.25, 0.3) is 0 Å². The fraction of sp³-hybridized carbons (Fsp3) is 0.250. The zero-order valence-corrected chi connectivity index (χ0v) is 16.5. The quantitative estimate of drug-likeness (QED) is 0.630. The number of hydrogen-bond acceptors (Lipinski definition) is 4. The second-order valence-electron chi connectivity index (χ2n) is 6.41. The molecule has 8 heteroatoms. The van der Waals surface area contributed by atoms with E-state index < -0.39 is 5.25 Å². The lowest BCUT2D eigenvalue weighted by Gasteiger charge is -2.17. The van der Waals surface area contributed by atoms with Gasteiger partial charge >= 0.3 is 0 Å². The molecule has 0 saturated heterocycles. The number of halogens is 2. The molecule has 1 amide bonds. The van der Waals surface area contributed by atoms with E-state index in [1.807, 2.05) is 6.92 Å². The van der Waals surface area contributed by atoms with Gasteiger partial charge in [-0.15, -0.1) is 10.2 Å². The van der Waals surface area contributed by atoms with Crippen LogP contribution >= 0.6 is 11.8 Å². The summed E-state index contributed by atoms with van der Waals surface area (Å²) in [6, 6.07) is 11.8. The zero-order valence-electron chi connectivity index (χ0n) is 15.7. The van der Waals surface area contributed by atoms with Gasteiger partial charge in [-0.25, -0.2) is 8.78 Å². The van der Waals surface area contributed by atoms with E-state index in [2.05, 4.69) is 15.5 Å². The second-order valence-corrected chi connectivity index (χ2v) is 7.72. The molecule has 146 valence electrons. The Morgan fingerprint density at radius 1 is 1.00 bits per heavy atom. The summed E-state index contributed by atoms with van der Waals surface area (Å²) < 4.78 is 27.9. The van der Waals surface area contributed by atoms with Crippen LogP contribution in [0.4, 0.5) is 8.78 Å². The van der Waals surface area contributed by atoms with Gasteiger partial charge in [-0.05, 0) is 55.8 Å². The first-order chi connectivity index (χ1) is 13.3. The summed E-state index contributed by atoms with van der Waals surface area (Å²) >= 11 is 1.28. The molecule has 0 spiro atoms. The van der Waals surface area contributed by atoms with Crippen LogP contribution in [0.5, 0.6) is 0 Å². The van der Waals surface area contributed by atoms with Gasteiger partial charge in [0.15, 0.2) is 11.0 Å². The fourth-order valence-electron chi connectivity index (χ4n) is 2.65. The Morgan fingerprint density at radius 2 is 1.57 bits per heavy atom. The number of rotatable bonds is 6. The highest BCUT2D eigenvalue weighted by molar-refractivity contribution is 8.00. The highest BCUT2D eigenvalue weighted by Gasteiger charge is 2.21. The van der Waals surface area contributed by atoms with E-state index in [1.165, 1.54) is 36.0 Å². The summed E-state index contributed by atoms with van der Waals surface area (Å²) in [6.45, 7) is 3.63. The van der Waals surface area contributed by atoms with Crippen LogP contribution < -0.4 is 5.32 Å². The number of thioether (sulfide) groups is 1. The summed E-state index contributed by atoms with van der Waals surface area (Å²) in [5.74, 6) is -0.200. The number of hydrogen-bond donors (Lipinski definition) is 1. The van der Waals surface area contributed by atoms with Gasteiger partial charge in [-0.1, -0.05) is 23.9 Å². The summed E-state index contributed by atoms with van der Waals surface area (Å²) in [4.78, 5) is 12.5. The van der Waals surface area contributed by atoms with Crippen LogP contribution in [0.3, 0.4) is 0 Å². The van der Waals surface area contributed by atoms with E-state index >= 15 is 0 Å². The smallest absolute Gasteiger partial charge is 0.233 e. The molecule has 3 aromatic rings. The molecule has 0 unspecified atom stereocenters. The van der Waals surface area contributed by atoms with Crippen LogP contribution in [-0.2, 0) is 11.8 Å². The van der Waals surface area contributed by atoms with Gasteiger partial charge in [0, 0.05) is 12.6 Å². The zero-order chi connectivity index (χ0) is 20.3. The van der Waals surface area contributed by atoms with Crippen LogP contribution in [-0.4, -0.2) is 25.9 Å². The topological polar surface area (TPSA) is 59.8 Å². The maximum absolute atomic E-state index is 13.1. The monoisotopic (exact) mass is 402 g/mol. The van der Waals surface area contributed by atoms with Crippen molar-refractivity contribution in [3.8, 4) is 11.4 Å². The molecule has 1 N–H and O–H groups in total. The van der Waals surface area contributed by atoms with Gasteiger partial charge in [-0.3, -0.25) is 4.79 Å². The van der Waals surface area contributed by atoms with Crippen molar-refractivity contribution in [2.75, 3.05) is 0 Å². The summed E-state index contributed by atoms with van der Waals surface area (Å²) in [5, 5.41) is 11.4. The molecule has 0 radical (unpaired) electrons. The Hall–Kier alpha value is -2.74. The molecule has 0 fully saturated rings. The highest BCUT2D eigenvalue weighted by atomic mass is 32.2. The summed E-state index contributed by atoms with van der Waals surface area (Å²) in [7, 11) is 1.80. The average molecular weight is 402 g/mol. The van der Waals surface area contributed by atoms with Crippen molar-refractivity contribution in [2.24, 2.45) is 7.05 Å². The highest BCUT2D eigenvalue weighted by Crippen LogP contribution is 2.26. The van der Waals surface area contributed by atoms with Crippen LogP contribution in [0.1, 0.15) is 25.5 Å². The minimum absolute atomic E-state index is 0.159. The van der Waals surface area contributed by atoms with Crippen molar-refractivity contribution < 1.29 is 13.6 Å². The molecule has 1 aromatic heterocycles. The Morgan fingerprint density at radius 3 is 2.18 bits per heavy atom. The first kappa shape index (κ1) is 20.0. The predicted molar refractivity (Wildman–Crippen MR) is 105 cm³/mol. The maximum atomic E-state index is 13.1. The summed E-state index contributed by atoms with van der Waals surface area (Å²) in [6.07, 6.45) is 0. The molecule has 0 aliphatic heterocycles. The van der Waals surface area contributed by atoms with Crippen LogP contribution in [0.25, 0.3) is 11.4 Å². The minimum atomic E-state index is -0.410. The number of nitrogens with one attached hydrogen (secondary N) is 1. The molecule has 2 atom stereocenters. The van der Waals surface area contributed by atoms with Crippen molar-refractivity contribution in [2.45, 2.75) is 30.3 Å². The normalized spacial score (nSPS) is 13.2.